The van der Waals surface area contributed by atoms with Crippen molar-refractivity contribution >= 4 is 34.1 Å². The third-order valence-electron chi connectivity index (χ3n) is 3.92. The van der Waals surface area contributed by atoms with E-state index in [9.17, 15) is 5.26 Å². The van der Waals surface area contributed by atoms with Gasteiger partial charge in [-0.2, -0.15) is 5.26 Å². The van der Waals surface area contributed by atoms with Crippen molar-refractivity contribution in [3.05, 3.63) is 35.4 Å². The van der Waals surface area contributed by atoms with E-state index in [-0.39, 0.29) is 0 Å². The number of benzene rings is 1. The molecular weight excluding hydrogens is 346 g/mol. The van der Waals surface area contributed by atoms with Gasteiger partial charge in [0.05, 0.1) is 11.1 Å². The van der Waals surface area contributed by atoms with Crippen molar-refractivity contribution in [1.82, 2.24) is 15.6 Å². The van der Waals surface area contributed by atoms with Gasteiger partial charge >= 0.3 is 0 Å². The van der Waals surface area contributed by atoms with Crippen LogP contribution in [-0.4, -0.2) is 43.4 Å². The Morgan fingerprint density at radius 2 is 2.04 bits per heavy atom. The average molecular weight is 372 g/mol. The van der Waals surface area contributed by atoms with Crippen LogP contribution in [0.2, 0.25) is 0 Å². The largest absolute Gasteiger partial charge is 0.385 e. The SMILES string of the molecule is CCc1ccc2nc(NCCNC(=S)NCCCOC)c(C#N)cc2c1. The number of rotatable bonds is 9. The zero-order valence-corrected chi connectivity index (χ0v) is 16.1. The molecule has 0 atom stereocenters. The van der Waals surface area contributed by atoms with Crippen molar-refractivity contribution in [3.63, 3.8) is 0 Å². The summed E-state index contributed by atoms with van der Waals surface area (Å²) in [5, 5.41) is 20.5. The number of nitrogens with zero attached hydrogens (tertiary/aromatic N) is 2. The Labute approximate surface area is 159 Å². The van der Waals surface area contributed by atoms with E-state index in [1.54, 1.807) is 7.11 Å². The minimum absolute atomic E-state index is 0.547. The van der Waals surface area contributed by atoms with Crippen LogP contribution in [0.15, 0.2) is 24.3 Å². The minimum atomic E-state index is 0.547. The molecule has 0 aliphatic carbocycles. The van der Waals surface area contributed by atoms with Crippen LogP contribution < -0.4 is 16.0 Å². The molecule has 1 aromatic heterocycles. The first-order chi connectivity index (χ1) is 12.7. The lowest BCUT2D eigenvalue weighted by molar-refractivity contribution is 0.195. The van der Waals surface area contributed by atoms with Gasteiger partial charge in [-0.05, 0) is 48.8 Å². The highest BCUT2D eigenvalue weighted by Crippen LogP contribution is 2.21. The predicted octanol–water partition coefficient (Wildman–Crippen LogP) is 2.58. The molecule has 0 aliphatic heterocycles. The maximum absolute atomic E-state index is 9.40. The van der Waals surface area contributed by atoms with Crippen LogP contribution in [-0.2, 0) is 11.2 Å². The zero-order valence-electron chi connectivity index (χ0n) is 15.3. The Morgan fingerprint density at radius 1 is 1.23 bits per heavy atom. The second-order valence-corrected chi connectivity index (χ2v) is 6.24. The summed E-state index contributed by atoms with van der Waals surface area (Å²) in [6.45, 7) is 4.84. The number of nitriles is 1. The highest BCUT2D eigenvalue weighted by molar-refractivity contribution is 7.80. The van der Waals surface area contributed by atoms with Gasteiger partial charge in [-0.25, -0.2) is 4.98 Å². The molecule has 2 rings (SSSR count). The number of nitrogens with one attached hydrogen (secondary N) is 3. The zero-order chi connectivity index (χ0) is 18.8. The molecule has 1 heterocycles. The summed E-state index contributed by atoms with van der Waals surface area (Å²) in [5.41, 5.74) is 2.66. The molecule has 0 amide bonds. The summed E-state index contributed by atoms with van der Waals surface area (Å²) >= 11 is 5.21. The Bertz CT molecular complexity index is 787. The van der Waals surface area contributed by atoms with E-state index >= 15 is 0 Å². The molecule has 26 heavy (non-hydrogen) atoms. The molecule has 0 bridgehead atoms. The number of hydrogen-bond donors (Lipinski definition) is 3. The van der Waals surface area contributed by atoms with Gasteiger partial charge in [0.15, 0.2) is 5.11 Å². The van der Waals surface area contributed by atoms with E-state index in [0.29, 0.717) is 36.2 Å². The van der Waals surface area contributed by atoms with Gasteiger partial charge in [-0.3, -0.25) is 0 Å². The summed E-state index contributed by atoms with van der Waals surface area (Å²) < 4.78 is 4.99. The van der Waals surface area contributed by atoms with E-state index in [4.69, 9.17) is 17.0 Å². The molecule has 3 N–H and O–H groups in total. The fourth-order valence-corrected chi connectivity index (χ4v) is 2.71. The van der Waals surface area contributed by atoms with Crippen LogP contribution >= 0.6 is 12.2 Å². The summed E-state index contributed by atoms with van der Waals surface area (Å²) in [7, 11) is 1.68. The van der Waals surface area contributed by atoms with Gasteiger partial charge in [-0.15, -0.1) is 0 Å². The Morgan fingerprint density at radius 3 is 2.77 bits per heavy atom. The summed E-state index contributed by atoms with van der Waals surface area (Å²) in [4.78, 5) is 4.58. The molecule has 1 aromatic carbocycles. The smallest absolute Gasteiger partial charge is 0.166 e. The van der Waals surface area contributed by atoms with Crippen LogP contribution in [0.3, 0.4) is 0 Å². The van der Waals surface area contributed by atoms with E-state index in [1.165, 1.54) is 5.56 Å². The average Bonchev–Trinajstić information content (AvgIpc) is 2.67. The number of pyridine rings is 1. The summed E-state index contributed by atoms with van der Waals surface area (Å²) in [6, 6.07) is 10.3. The normalized spacial score (nSPS) is 10.3. The number of methoxy groups -OCH3 is 1. The predicted molar refractivity (Wildman–Crippen MR) is 109 cm³/mol. The molecule has 0 aliphatic rings. The van der Waals surface area contributed by atoms with Crippen molar-refractivity contribution in [2.45, 2.75) is 19.8 Å². The highest BCUT2D eigenvalue weighted by atomic mass is 32.1. The number of fused-ring (bicyclic) bond motifs is 1. The van der Waals surface area contributed by atoms with Crippen molar-refractivity contribution in [2.75, 3.05) is 38.7 Å². The van der Waals surface area contributed by atoms with E-state index in [2.05, 4.69) is 46.1 Å². The maximum atomic E-state index is 9.40. The lowest BCUT2D eigenvalue weighted by Crippen LogP contribution is -2.38. The lowest BCUT2D eigenvalue weighted by Gasteiger charge is -2.12. The Kier molecular flexibility index (Phi) is 8.06. The molecule has 0 saturated heterocycles. The Hall–Kier alpha value is -2.43. The van der Waals surface area contributed by atoms with Crippen LogP contribution in [0.1, 0.15) is 24.5 Å². The molecule has 138 valence electrons. The van der Waals surface area contributed by atoms with Crippen LogP contribution in [0.25, 0.3) is 10.9 Å². The van der Waals surface area contributed by atoms with Gasteiger partial charge < -0.3 is 20.7 Å². The number of aromatic nitrogens is 1. The molecule has 0 fully saturated rings. The number of hydrogen-bond acceptors (Lipinski definition) is 5. The van der Waals surface area contributed by atoms with Gasteiger partial charge in [0, 0.05) is 38.7 Å². The quantitative estimate of drug-likeness (QED) is 0.462. The fourth-order valence-electron chi connectivity index (χ4n) is 2.50. The minimum Gasteiger partial charge on any atom is -0.385 e. The van der Waals surface area contributed by atoms with E-state index < -0.39 is 0 Å². The van der Waals surface area contributed by atoms with E-state index in [0.717, 1.165) is 30.3 Å². The molecule has 0 radical (unpaired) electrons. The van der Waals surface area contributed by atoms with Gasteiger partial charge in [-0.1, -0.05) is 13.0 Å². The van der Waals surface area contributed by atoms with Gasteiger partial charge in [0.1, 0.15) is 11.9 Å². The molecule has 0 spiro atoms. The number of aryl methyl sites for hydroxylation is 1. The van der Waals surface area contributed by atoms with Crippen LogP contribution in [0.5, 0.6) is 0 Å². The Balaban J connectivity index is 1.88. The topological polar surface area (TPSA) is 82.0 Å². The maximum Gasteiger partial charge on any atom is 0.166 e. The highest BCUT2D eigenvalue weighted by Gasteiger charge is 2.07. The van der Waals surface area contributed by atoms with Crippen LogP contribution in [0, 0.1) is 11.3 Å². The molecule has 7 heteroatoms. The molecule has 6 nitrogen and oxygen atoms in total. The van der Waals surface area contributed by atoms with Gasteiger partial charge in [0.2, 0.25) is 0 Å². The number of thiocarbonyl (C=S) groups is 1. The molecule has 0 saturated carbocycles. The number of anilines is 1. The molecule has 0 unspecified atom stereocenters. The monoisotopic (exact) mass is 371 g/mol. The van der Waals surface area contributed by atoms with Crippen LogP contribution in [0.4, 0.5) is 5.82 Å². The summed E-state index contributed by atoms with van der Waals surface area (Å²) in [6.07, 6.45) is 1.87. The van der Waals surface area contributed by atoms with E-state index in [1.807, 2.05) is 12.1 Å². The van der Waals surface area contributed by atoms with Gasteiger partial charge in [0.25, 0.3) is 0 Å². The summed E-state index contributed by atoms with van der Waals surface area (Å²) in [5.74, 6) is 0.602. The standard InChI is InChI=1S/C19H25N5OS/c1-3-14-5-6-17-15(11-14)12-16(13-20)18(24-17)21-8-9-23-19(26)22-7-4-10-25-2/h5-6,11-12H,3-4,7-10H2,1-2H3,(H,21,24)(H2,22,23,26). The first-order valence-electron chi connectivity index (χ1n) is 8.76. The second-order valence-electron chi connectivity index (χ2n) is 5.83. The van der Waals surface area contributed by atoms with Crippen molar-refractivity contribution in [3.8, 4) is 6.07 Å². The third kappa shape index (κ3) is 5.83. The number of ether oxygens (including phenoxy) is 1. The van der Waals surface area contributed by atoms with Crippen molar-refractivity contribution < 1.29 is 4.74 Å². The van der Waals surface area contributed by atoms with Crippen molar-refractivity contribution in [1.29, 1.82) is 5.26 Å². The fraction of sp³-hybridized carbons (Fsp3) is 0.421. The molecular formula is C19H25N5OS. The van der Waals surface area contributed by atoms with Crippen molar-refractivity contribution in [2.24, 2.45) is 0 Å². The first kappa shape index (κ1) is 19.9. The molecule has 2 aromatic rings. The first-order valence-corrected chi connectivity index (χ1v) is 9.17. The second kappa shape index (κ2) is 10.5. The lowest BCUT2D eigenvalue weighted by atomic mass is 10.1. The third-order valence-corrected chi connectivity index (χ3v) is 4.21.